The van der Waals surface area contributed by atoms with Crippen LogP contribution in [-0.2, 0) is 4.79 Å². The second-order valence-corrected chi connectivity index (χ2v) is 7.30. The van der Waals surface area contributed by atoms with E-state index in [2.05, 4.69) is 27.5 Å². The summed E-state index contributed by atoms with van der Waals surface area (Å²) in [5, 5.41) is 15.9. The monoisotopic (exact) mass is 356 g/mol. The summed E-state index contributed by atoms with van der Waals surface area (Å²) in [4.78, 5) is 20.0. The Bertz CT molecular complexity index is 723. The normalized spacial score (nSPS) is 12.5. The third-order valence-corrected chi connectivity index (χ3v) is 3.96. The maximum absolute atomic E-state index is 11.1. The predicted molar refractivity (Wildman–Crippen MR) is 105 cm³/mol. The first-order chi connectivity index (χ1) is 12.2. The lowest BCUT2D eigenvalue weighted by Crippen LogP contribution is -2.21. The molecule has 6 nitrogen and oxygen atoms in total. The van der Waals surface area contributed by atoms with Gasteiger partial charge in [-0.1, -0.05) is 12.1 Å². The summed E-state index contributed by atoms with van der Waals surface area (Å²) in [7, 11) is 0. The molecule has 1 unspecified atom stereocenters. The molecule has 0 aliphatic heterocycles. The summed E-state index contributed by atoms with van der Waals surface area (Å²) in [6.45, 7) is 7.24. The Balaban J connectivity index is 1.97. The number of hydrogen-bond acceptors (Lipinski definition) is 5. The highest BCUT2D eigenvalue weighted by Crippen LogP contribution is 2.21. The molecule has 1 heterocycles. The van der Waals surface area contributed by atoms with Crippen LogP contribution in [0.2, 0.25) is 0 Å². The van der Waals surface area contributed by atoms with Crippen LogP contribution in [0.25, 0.3) is 11.3 Å². The lowest BCUT2D eigenvalue weighted by atomic mass is 10.00. The largest absolute Gasteiger partial charge is 0.390 e. The molecule has 1 aromatic heterocycles. The van der Waals surface area contributed by atoms with Gasteiger partial charge in [0.25, 0.3) is 0 Å². The van der Waals surface area contributed by atoms with Gasteiger partial charge in [-0.3, -0.25) is 9.78 Å². The van der Waals surface area contributed by atoms with Crippen LogP contribution < -0.4 is 10.6 Å². The van der Waals surface area contributed by atoms with Crippen LogP contribution in [-0.4, -0.2) is 32.6 Å². The summed E-state index contributed by atoms with van der Waals surface area (Å²) in [5.74, 6) is 0.631. The molecule has 0 aliphatic rings. The van der Waals surface area contributed by atoms with Gasteiger partial charge >= 0.3 is 0 Å². The fourth-order valence-corrected chi connectivity index (χ4v) is 2.67. The first kappa shape index (κ1) is 19.8. The van der Waals surface area contributed by atoms with Gasteiger partial charge in [-0.05, 0) is 52.2 Å². The highest BCUT2D eigenvalue weighted by Gasteiger charge is 2.13. The first-order valence-electron chi connectivity index (χ1n) is 8.92. The maximum atomic E-state index is 11.1. The Morgan fingerprint density at radius 3 is 2.54 bits per heavy atom. The molecule has 2 rings (SSSR count). The number of nitrogens with zero attached hydrogens (tertiary/aromatic N) is 2. The summed E-state index contributed by atoms with van der Waals surface area (Å²) in [5.41, 5.74) is 1.84. The van der Waals surface area contributed by atoms with E-state index in [0.29, 0.717) is 0 Å². The second-order valence-electron chi connectivity index (χ2n) is 7.30. The second kappa shape index (κ2) is 8.76. The van der Waals surface area contributed by atoms with E-state index in [1.165, 1.54) is 6.92 Å². The number of carbonyl (C=O) groups is 1. The van der Waals surface area contributed by atoms with Gasteiger partial charge in [-0.15, -0.1) is 0 Å². The van der Waals surface area contributed by atoms with Gasteiger partial charge in [0.1, 0.15) is 5.82 Å². The van der Waals surface area contributed by atoms with Crippen molar-refractivity contribution < 1.29 is 9.90 Å². The molecule has 140 valence electrons. The quantitative estimate of drug-likeness (QED) is 0.669. The van der Waals surface area contributed by atoms with Gasteiger partial charge in [0.15, 0.2) is 0 Å². The zero-order chi connectivity index (χ0) is 19.2. The van der Waals surface area contributed by atoms with E-state index < -0.39 is 5.60 Å². The zero-order valence-corrected chi connectivity index (χ0v) is 15.9. The molecule has 2 aromatic rings. The Morgan fingerprint density at radius 2 is 1.92 bits per heavy atom. The van der Waals surface area contributed by atoms with E-state index >= 15 is 0 Å². The Hall–Kier alpha value is -2.47. The van der Waals surface area contributed by atoms with Gasteiger partial charge in [0.05, 0.1) is 23.7 Å². The molecule has 0 fully saturated rings. The third kappa shape index (κ3) is 6.80. The Morgan fingerprint density at radius 1 is 1.23 bits per heavy atom. The molecule has 26 heavy (non-hydrogen) atoms. The van der Waals surface area contributed by atoms with E-state index in [-0.39, 0.29) is 11.9 Å². The van der Waals surface area contributed by atoms with Crippen molar-refractivity contribution in [3.63, 3.8) is 0 Å². The van der Waals surface area contributed by atoms with Gasteiger partial charge in [0, 0.05) is 24.2 Å². The van der Waals surface area contributed by atoms with Crippen LogP contribution in [0.5, 0.6) is 0 Å². The van der Waals surface area contributed by atoms with Crippen LogP contribution in [0.4, 0.5) is 11.5 Å². The fraction of sp³-hybridized carbons (Fsp3) is 0.450. The van der Waals surface area contributed by atoms with Crippen LogP contribution in [0, 0.1) is 0 Å². The number of aromatic nitrogens is 2. The smallest absolute Gasteiger partial charge is 0.221 e. The molecule has 0 spiro atoms. The predicted octanol–water partition coefficient (Wildman–Crippen LogP) is 3.84. The van der Waals surface area contributed by atoms with E-state index in [1.54, 1.807) is 12.4 Å². The molecule has 3 N–H and O–H groups in total. The molecule has 6 heteroatoms. The average Bonchev–Trinajstić information content (AvgIpc) is 2.54. The summed E-state index contributed by atoms with van der Waals surface area (Å²) in [6.07, 6.45) is 6.08. The number of hydrogen-bond donors (Lipinski definition) is 3. The number of rotatable bonds is 8. The number of amides is 1. The molecule has 0 saturated carbocycles. The molecule has 1 amide bonds. The summed E-state index contributed by atoms with van der Waals surface area (Å²) in [6, 6.07) is 7.75. The number of nitrogens with one attached hydrogen (secondary N) is 2. The fourth-order valence-electron chi connectivity index (χ4n) is 2.67. The summed E-state index contributed by atoms with van der Waals surface area (Å²) >= 11 is 0. The van der Waals surface area contributed by atoms with Crippen molar-refractivity contribution >= 4 is 17.4 Å². The standard InChI is InChI=1S/C20H28N4O2/c1-14(6-5-11-20(3,4)26)22-19-13-21-12-18(24-19)16-7-9-17(10-8-16)23-15(2)25/h7-10,12-14,26H,5-6,11H2,1-4H3,(H,22,24)(H,23,25). The van der Waals surface area contributed by atoms with Crippen molar-refractivity contribution in [1.82, 2.24) is 9.97 Å². The van der Waals surface area contributed by atoms with Crippen molar-refractivity contribution in [2.24, 2.45) is 0 Å². The van der Waals surface area contributed by atoms with Gasteiger partial charge < -0.3 is 15.7 Å². The average molecular weight is 356 g/mol. The number of anilines is 2. The number of carbonyl (C=O) groups excluding carboxylic acids is 1. The van der Waals surface area contributed by atoms with Crippen LogP contribution >= 0.6 is 0 Å². The Kier molecular flexibility index (Phi) is 6.69. The van der Waals surface area contributed by atoms with Crippen molar-refractivity contribution in [3.8, 4) is 11.3 Å². The van der Waals surface area contributed by atoms with Gasteiger partial charge in [-0.2, -0.15) is 0 Å². The third-order valence-electron chi connectivity index (χ3n) is 3.96. The molecular formula is C20H28N4O2. The molecule has 0 bridgehead atoms. The van der Waals surface area contributed by atoms with Crippen molar-refractivity contribution in [3.05, 3.63) is 36.7 Å². The van der Waals surface area contributed by atoms with Crippen molar-refractivity contribution in [2.45, 2.75) is 58.6 Å². The Labute approximate surface area is 155 Å². The number of benzene rings is 1. The van der Waals surface area contributed by atoms with Crippen molar-refractivity contribution in [1.29, 1.82) is 0 Å². The van der Waals surface area contributed by atoms with E-state index in [1.807, 2.05) is 38.1 Å². The SMILES string of the molecule is CC(=O)Nc1ccc(-c2cncc(NC(C)CCCC(C)(C)O)n2)cc1. The van der Waals surface area contributed by atoms with Crippen LogP contribution in [0.15, 0.2) is 36.7 Å². The minimum atomic E-state index is -0.622. The molecule has 0 radical (unpaired) electrons. The highest BCUT2D eigenvalue weighted by molar-refractivity contribution is 5.88. The first-order valence-corrected chi connectivity index (χ1v) is 8.92. The van der Waals surface area contributed by atoms with E-state index in [9.17, 15) is 9.90 Å². The molecule has 0 aliphatic carbocycles. The molecule has 1 atom stereocenters. The lowest BCUT2D eigenvalue weighted by Gasteiger charge is -2.19. The van der Waals surface area contributed by atoms with Gasteiger partial charge in [0.2, 0.25) is 5.91 Å². The van der Waals surface area contributed by atoms with Crippen LogP contribution in [0.1, 0.15) is 47.0 Å². The highest BCUT2D eigenvalue weighted by atomic mass is 16.3. The van der Waals surface area contributed by atoms with Crippen molar-refractivity contribution in [2.75, 3.05) is 10.6 Å². The van der Waals surface area contributed by atoms with E-state index in [4.69, 9.17) is 0 Å². The molecule has 1 aromatic carbocycles. The minimum Gasteiger partial charge on any atom is -0.390 e. The maximum Gasteiger partial charge on any atom is 0.221 e. The molecule has 0 saturated heterocycles. The van der Waals surface area contributed by atoms with E-state index in [0.717, 1.165) is 42.0 Å². The van der Waals surface area contributed by atoms with Crippen LogP contribution in [0.3, 0.4) is 0 Å². The summed E-state index contributed by atoms with van der Waals surface area (Å²) < 4.78 is 0. The lowest BCUT2D eigenvalue weighted by molar-refractivity contribution is -0.114. The number of aliphatic hydroxyl groups is 1. The topological polar surface area (TPSA) is 87.1 Å². The van der Waals surface area contributed by atoms with Gasteiger partial charge in [-0.25, -0.2) is 4.98 Å². The molecular weight excluding hydrogens is 328 g/mol. The zero-order valence-electron chi connectivity index (χ0n) is 15.9. The minimum absolute atomic E-state index is 0.0951.